The number of fused-ring (bicyclic) bond motifs is 11. The molecule has 228 valence electrons. The van der Waals surface area contributed by atoms with Gasteiger partial charge in [-0.2, -0.15) is 0 Å². The SMILES string of the molecule is c1ccc(-n2c3ccc(-c4ccc5c(c4)c4ccccc4n5-c4ccc5ccccc5c4)cc3c3c4c(ccc32)oc2ccccc24)cc1. The summed E-state index contributed by atoms with van der Waals surface area (Å²) in [6, 6.07) is 61.3. The van der Waals surface area contributed by atoms with E-state index < -0.39 is 0 Å². The Morgan fingerprint density at radius 1 is 0.327 bits per heavy atom. The summed E-state index contributed by atoms with van der Waals surface area (Å²) >= 11 is 0. The molecule has 3 heterocycles. The highest BCUT2D eigenvalue weighted by molar-refractivity contribution is 6.27. The highest BCUT2D eigenvalue weighted by atomic mass is 16.3. The predicted octanol–water partition coefficient (Wildman–Crippen LogP) is 12.6. The molecule has 3 aromatic heterocycles. The summed E-state index contributed by atoms with van der Waals surface area (Å²) in [5.41, 5.74) is 11.3. The first kappa shape index (κ1) is 26.5. The fraction of sp³-hybridized carbons (Fsp3) is 0. The van der Waals surface area contributed by atoms with Gasteiger partial charge in [0, 0.05) is 43.7 Å². The first-order valence-corrected chi connectivity index (χ1v) is 16.8. The zero-order chi connectivity index (χ0) is 32.1. The van der Waals surface area contributed by atoms with E-state index in [1.165, 1.54) is 76.6 Å². The number of hydrogen-bond donors (Lipinski definition) is 0. The molecule has 0 bridgehead atoms. The van der Waals surface area contributed by atoms with Gasteiger partial charge in [0.25, 0.3) is 0 Å². The minimum Gasteiger partial charge on any atom is -0.456 e. The molecule has 0 aliphatic carbocycles. The molecular weight excluding hydrogens is 597 g/mol. The van der Waals surface area contributed by atoms with Crippen molar-refractivity contribution < 1.29 is 4.42 Å². The molecule has 0 saturated carbocycles. The molecule has 0 radical (unpaired) electrons. The van der Waals surface area contributed by atoms with E-state index in [4.69, 9.17) is 4.42 Å². The fourth-order valence-corrected chi connectivity index (χ4v) is 8.11. The van der Waals surface area contributed by atoms with E-state index >= 15 is 0 Å². The zero-order valence-corrected chi connectivity index (χ0v) is 26.5. The summed E-state index contributed by atoms with van der Waals surface area (Å²) in [5.74, 6) is 0. The standard InChI is InChI=1S/C46H28N2O/c1-2-12-33(13-3-1)47-41-23-20-32(28-38(41)45-42(47)24-25-44-46(45)36-15-7-9-17-43(36)49-44)31-19-22-40-37(27-31)35-14-6-8-16-39(35)48(40)34-21-18-29-10-4-5-11-30(29)26-34/h1-28H. The lowest BCUT2D eigenvalue weighted by Crippen LogP contribution is -1.94. The molecule has 0 aliphatic heterocycles. The van der Waals surface area contributed by atoms with Crippen LogP contribution >= 0.6 is 0 Å². The average Bonchev–Trinajstić information content (AvgIpc) is 3.82. The number of furan rings is 1. The Bertz CT molecular complexity index is 3100. The summed E-state index contributed by atoms with van der Waals surface area (Å²) in [4.78, 5) is 0. The maximum atomic E-state index is 6.38. The smallest absolute Gasteiger partial charge is 0.136 e. The van der Waals surface area contributed by atoms with Crippen LogP contribution in [0.25, 0.3) is 98.8 Å². The van der Waals surface area contributed by atoms with E-state index in [0.717, 1.165) is 22.2 Å². The summed E-state index contributed by atoms with van der Waals surface area (Å²) in [6.07, 6.45) is 0. The van der Waals surface area contributed by atoms with Gasteiger partial charge in [0.05, 0.1) is 22.1 Å². The van der Waals surface area contributed by atoms with Crippen LogP contribution in [0.5, 0.6) is 0 Å². The molecule has 49 heavy (non-hydrogen) atoms. The number of nitrogens with zero attached hydrogens (tertiary/aromatic N) is 2. The molecule has 0 aliphatic rings. The number of rotatable bonds is 3. The van der Waals surface area contributed by atoms with E-state index in [1.807, 2.05) is 6.07 Å². The van der Waals surface area contributed by atoms with Crippen LogP contribution < -0.4 is 0 Å². The highest BCUT2D eigenvalue weighted by Crippen LogP contribution is 2.43. The molecule has 8 aromatic carbocycles. The molecule has 0 unspecified atom stereocenters. The minimum absolute atomic E-state index is 0.911. The van der Waals surface area contributed by atoms with E-state index in [2.05, 4.69) is 173 Å². The van der Waals surface area contributed by atoms with Crippen LogP contribution in [0, 0.1) is 0 Å². The predicted molar refractivity (Wildman–Crippen MR) is 205 cm³/mol. The van der Waals surface area contributed by atoms with Crippen LogP contribution in [0.2, 0.25) is 0 Å². The van der Waals surface area contributed by atoms with Gasteiger partial charge in [-0.05, 0) is 94.7 Å². The largest absolute Gasteiger partial charge is 0.456 e. The van der Waals surface area contributed by atoms with Crippen molar-refractivity contribution in [1.29, 1.82) is 0 Å². The van der Waals surface area contributed by atoms with Crippen LogP contribution in [0.15, 0.2) is 174 Å². The third-order valence-electron chi connectivity index (χ3n) is 10.3. The van der Waals surface area contributed by atoms with Crippen LogP contribution in [0.3, 0.4) is 0 Å². The fourth-order valence-electron chi connectivity index (χ4n) is 8.11. The van der Waals surface area contributed by atoms with Gasteiger partial charge < -0.3 is 13.6 Å². The molecule has 0 saturated heterocycles. The molecule has 3 nitrogen and oxygen atoms in total. The second-order valence-electron chi connectivity index (χ2n) is 12.9. The number of benzene rings is 8. The Labute approximate surface area is 281 Å². The van der Waals surface area contributed by atoms with Crippen LogP contribution in [-0.2, 0) is 0 Å². The van der Waals surface area contributed by atoms with Gasteiger partial charge in [0.2, 0.25) is 0 Å². The van der Waals surface area contributed by atoms with Gasteiger partial charge in [0.1, 0.15) is 11.2 Å². The summed E-state index contributed by atoms with van der Waals surface area (Å²) < 4.78 is 11.2. The lowest BCUT2D eigenvalue weighted by atomic mass is 9.99. The van der Waals surface area contributed by atoms with Crippen molar-refractivity contribution in [2.45, 2.75) is 0 Å². The molecule has 0 amide bonds. The highest BCUT2D eigenvalue weighted by Gasteiger charge is 2.20. The Balaban J connectivity index is 1.18. The Hall–Kier alpha value is -6.58. The lowest BCUT2D eigenvalue weighted by Gasteiger charge is -2.10. The Kier molecular flexibility index (Phi) is 5.38. The van der Waals surface area contributed by atoms with E-state index in [9.17, 15) is 0 Å². The van der Waals surface area contributed by atoms with Crippen molar-refractivity contribution in [1.82, 2.24) is 9.13 Å². The lowest BCUT2D eigenvalue weighted by molar-refractivity contribution is 0.669. The first-order chi connectivity index (χ1) is 24.3. The maximum Gasteiger partial charge on any atom is 0.136 e. The topological polar surface area (TPSA) is 23.0 Å². The monoisotopic (exact) mass is 624 g/mol. The quantitative estimate of drug-likeness (QED) is 0.192. The van der Waals surface area contributed by atoms with Gasteiger partial charge in [-0.15, -0.1) is 0 Å². The maximum absolute atomic E-state index is 6.38. The third-order valence-corrected chi connectivity index (χ3v) is 10.3. The first-order valence-electron chi connectivity index (χ1n) is 16.8. The number of aromatic nitrogens is 2. The van der Waals surface area contributed by atoms with Crippen molar-refractivity contribution in [3.8, 4) is 22.5 Å². The molecule has 0 atom stereocenters. The average molecular weight is 625 g/mol. The van der Waals surface area contributed by atoms with Crippen molar-refractivity contribution in [3.05, 3.63) is 170 Å². The normalized spacial score (nSPS) is 12.1. The van der Waals surface area contributed by atoms with Gasteiger partial charge in [-0.25, -0.2) is 0 Å². The van der Waals surface area contributed by atoms with Gasteiger partial charge in [-0.3, -0.25) is 0 Å². The van der Waals surface area contributed by atoms with Gasteiger partial charge >= 0.3 is 0 Å². The molecule has 0 fully saturated rings. The van der Waals surface area contributed by atoms with E-state index in [1.54, 1.807) is 0 Å². The van der Waals surface area contributed by atoms with Crippen LogP contribution in [0.4, 0.5) is 0 Å². The van der Waals surface area contributed by atoms with Crippen LogP contribution in [-0.4, -0.2) is 9.13 Å². The summed E-state index contributed by atoms with van der Waals surface area (Å²) in [7, 11) is 0. The molecule has 3 heteroatoms. The third kappa shape index (κ3) is 3.78. The molecule has 11 aromatic rings. The Morgan fingerprint density at radius 2 is 0.959 bits per heavy atom. The van der Waals surface area contributed by atoms with Gasteiger partial charge in [0.15, 0.2) is 0 Å². The van der Waals surface area contributed by atoms with E-state index in [0.29, 0.717) is 0 Å². The summed E-state index contributed by atoms with van der Waals surface area (Å²) in [6.45, 7) is 0. The van der Waals surface area contributed by atoms with Gasteiger partial charge in [-0.1, -0.05) is 97.1 Å². The molecule has 11 rings (SSSR count). The summed E-state index contributed by atoms with van der Waals surface area (Å²) in [5, 5.41) is 9.73. The van der Waals surface area contributed by atoms with Crippen molar-refractivity contribution in [2.75, 3.05) is 0 Å². The minimum atomic E-state index is 0.911. The van der Waals surface area contributed by atoms with E-state index in [-0.39, 0.29) is 0 Å². The van der Waals surface area contributed by atoms with Crippen LogP contribution in [0.1, 0.15) is 0 Å². The Morgan fingerprint density at radius 3 is 1.82 bits per heavy atom. The molecule has 0 spiro atoms. The zero-order valence-electron chi connectivity index (χ0n) is 26.5. The second-order valence-corrected chi connectivity index (χ2v) is 12.9. The van der Waals surface area contributed by atoms with Crippen molar-refractivity contribution in [2.24, 2.45) is 0 Å². The molecule has 0 N–H and O–H groups in total. The second kappa shape index (κ2) is 9.96. The number of hydrogen-bond acceptors (Lipinski definition) is 1. The molecular formula is C46H28N2O. The van der Waals surface area contributed by atoms with Crippen molar-refractivity contribution in [3.63, 3.8) is 0 Å². The number of para-hydroxylation sites is 3. The van der Waals surface area contributed by atoms with Crippen molar-refractivity contribution >= 4 is 76.3 Å².